The standard InChI is InChI=1S/C21H17ClN2O2/c22-18-7-3-1-5-16(18)14-24-19-8-4-2-6-17(19)21(26,20(24)25)13-15-9-11-23-12-10-15/h1-12,26H,13-14H2/t21-/m1/s1. The van der Waals surface area contributed by atoms with Crippen molar-refractivity contribution in [1.29, 1.82) is 0 Å². The van der Waals surface area contributed by atoms with Crippen molar-refractivity contribution in [1.82, 2.24) is 4.98 Å². The second-order valence-electron chi connectivity index (χ2n) is 6.39. The normalized spacial score (nSPS) is 18.8. The van der Waals surface area contributed by atoms with Gasteiger partial charge in [0.1, 0.15) is 0 Å². The highest BCUT2D eigenvalue weighted by Gasteiger charge is 2.49. The monoisotopic (exact) mass is 364 g/mol. The summed E-state index contributed by atoms with van der Waals surface area (Å²) in [7, 11) is 0. The highest BCUT2D eigenvalue weighted by Crippen LogP contribution is 2.43. The Morgan fingerprint density at radius 2 is 1.69 bits per heavy atom. The zero-order valence-corrected chi connectivity index (χ0v) is 14.7. The molecule has 2 aromatic carbocycles. The molecule has 2 heterocycles. The molecule has 1 aliphatic rings. The van der Waals surface area contributed by atoms with Gasteiger partial charge in [0.25, 0.3) is 5.91 Å². The molecule has 4 nitrogen and oxygen atoms in total. The number of para-hydroxylation sites is 1. The van der Waals surface area contributed by atoms with Gasteiger partial charge >= 0.3 is 0 Å². The molecule has 1 aliphatic heterocycles. The number of aliphatic hydroxyl groups is 1. The SMILES string of the molecule is O=C1N(Cc2ccccc2Cl)c2ccccc2[C@]1(O)Cc1ccncc1. The van der Waals surface area contributed by atoms with Crippen molar-refractivity contribution in [3.8, 4) is 0 Å². The second kappa shape index (κ2) is 6.56. The van der Waals surface area contributed by atoms with Crippen molar-refractivity contribution in [3.63, 3.8) is 0 Å². The van der Waals surface area contributed by atoms with Gasteiger partial charge in [-0.15, -0.1) is 0 Å². The van der Waals surface area contributed by atoms with E-state index in [1.54, 1.807) is 29.4 Å². The van der Waals surface area contributed by atoms with Crippen LogP contribution in [0, 0.1) is 0 Å². The largest absolute Gasteiger partial charge is 0.375 e. The molecular weight excluding hydrogens is 348 g/mol. The number of aromatic nitrogens is 1. The van der Waals surface area contributed by atoms with Crippen LogP contribution in [0.3, 0.4) is 0 Å². The number of anilines is 1. The fourth-order valence-corrected chi connectivity index (χ4v) is 3.62. The van der Waals surface area contributed by atoms with Crippen LogP contribution >= 0.6 is 11.6 Å². The Morgan fingerprint density at radius 1 is 1.00 bits per heavy atom. The first-order chi connectivity index (χ1) is 12.6. The summed E-state index contributed by atoms with van der Waals surface area (Å²) in [5.41, 5.74) is 1.43. The average molecular weight is 365 g/mol. The number of fused-ring (bicyclic) bond motifs is 1. The van der Waals surface area contributed by atoms with Gasteiger partial charge in [0, 0.05) is 29.4 Å². The van der Waals surface area contributed by atoms with Crippen LogP contribution in [0.5, 0.6) is 0 Å². The minimum Gasteiger partial charge on any atom is -0.375 e. The van der Waals surface area contributed by atoms with Gasteiger partial charge in [0.2, 0.25) is 0 Å². The fourth-order valence-electron chi connectivity index (χ4n) is 3.43. The molecule has 0 fully saturated rings. The van der Waals surface area contributed by atoms with Gasteiger partial charge in [-0.05, 0) is 35.4 Å². The van der Waals surface area contributed by atoms with E-state index >= 15 is 0 Å². The molecule has 1 atom stereocenters. The molecule has 4 rings (SSSR count). The molecule has 26 heavy (non-hydrogen) atoms. The molecule has 0 saturated carbocycles. The lowest BCUT2D eigenvalue weighted by Crippen LogP contribution is -2.41. The molecule has 0 radical (unpaired) electrons. The summed E-state index contributed by atoms with van der Waals surface area (Å²) in [5.74, 6) is -0.338. The van der Waals surface area contributed by atoms with Crippen LogP contribution in [0.15, 0.2) is 73.1 Å². The van der Waals surface area contributed by atoms with E-state index < -0.39 is 5.60 Å². The number of hydrogen-bond donors (Lipinski definition) is 1. The van der Waals surface area contributed by atoms with Crippen molar-refractivity contribution < 1.29 is 9.90 Å². The Morgan fingerprint density at radius 3 is 2.46 bits per heavy atom. The van der Waals surface area contributed by atoms with Gasteiger partial charge in [0.15, 0.2) is 5.60 Å². The first-order valence-electron chi connectivity index (χ1n) is 8.36. The molecular formula is C21H17ClN2O2. The van der Waals surface area contributed by atoms with Crippen LogP contribution in [0.4, 0.5) is 5.69 Å². The maximum absolute atomic E-state index is 13.2. The average Bonchev–Trinajstić information content (AvgIpc) is 2.86. The molecule has 1 amide bonds. The molecule has 0 bridgehead atoms. The van der Waals surface area contributed by atoms with Crippen LogP contribution in [0.25, 0.3) is 0 Å². The quantitative estimate of drug-likeness (QED) is 0.767. The summed E-state index contributed by atoms with van der Waals surface area (Å²) < 4.78 is 0. The molecule has 130 valence electrons. The third-order valence-electron chi connectivity index (χ3n) is 4.73. The summed E-state index contributed by atoms with van der Waals surface area (Å²) in [6.07, 6.45) is 3.52. The number of rotatable bonds is 4. The number of benzene rings is 2. The lowest BCUT2D eigenvalue weighted by Gasteiger charge is -2.23. The Bertz CT molecular complexity index is 961. The summed E-state index contributed by atoms with van der Waals surface area (Å²) >= 11 is 6.27. The van der Waals surface area contributed by atoms with Crippen LogP contribution in [-0.4, -0.2) is 16.0 Å². The number of pyridine rings is 1. The number of amides is 1. The highest BCUT2D eigenvalue weighted by molar-refractivity contribution is 6.31. The Kier molecular flexibility index (Phi) is 4.23. The number of carbonyl (C=O) groups excluding carboxylic acids is 1. The van der Waals surface area contributed by atoms with E-state index in [9.17, 15) is 9.90 Å². The van der Waals surface area contributed by atoms with Crippen LogP contribution < -0.4 is 4.90 Å². The summed E-state index contributed by atoms with van der Waals surface area (Å²) in [4.78, 5) is 18.8. The summed E-state index contributed by atoms with van der Waals surface area (Å²) in [6.45, 7) is 0.314. The van der Waals surface area contributed by atoms with Gasteiger partial charge in [-0.1, -0.05) is 48.0 Å². The Balaban J connectivity index is 1.74. The van der Waals surface area contributed by atoms with E-state index in [2.05, 4.69) is 4.98 Å². The summed E-state index contributed by atoms with van der Waals surface area (Å²) in [5, 5.41) is 11.9. The number of hydrogen-bond acceptors (Lipinski definition) is 3. The molecule has 0 unspecified atom stereocenters. The molecule has 1 aromatic heterocycles. The Hall–Kier alpha value is -2.69. The van der Waals surface area contributed by atoms with E-state index in [0.717, 1.165) is 11.1 Å². The third kappa shape index (κ3) is 2.77. The van der Waals surface area contributed by atoms with Gasteiger partial charge in [-0.2, -0.15) is 0 Å². The van der Waals surface area contributed by atoms with Gasteiger partial charge in [-0.25, -0.2) is 0 Å². The van der Waals surface area contributed by atoms with Gasteiger partial charge < -0.3 is 10.0 Å². The van der Waals surface area contributed by atoms with Gasteiger partial charge in [-0.3, -0.25) is 9.78 Å². The lowest BCUT2D eigenvalue weighted by atomic mass is 9.89. The van der Waals surface area contributed by atoms with Crippen molar-refractivity contribution >= 4 is 23.2 Å². The van der Waals surface area contributed by atoms with Crippen LogP contribution in [0.1, 0.15) is 16.7 Å². The zero-order chi connectivity index (χ0) is 18.1. The van der Waals surface area contributed by atoms with E-state index in [-0.39, 0.29) is 12.3 Å². The van der Waals surface area contributed by atoms with Crippen molar-refractivity contribution in [2.45, 2.75) is 18.6 Å². The predicted octanol–water partition coefficient (Wildman–Crippen LogP) is 3.71. The number of halogens is 1. The van der Waals surface area contributed by atoms with E-state index in [4.69, 9.17) is 11.6 Å². The maximum atomic E-state index is 13.2. The maximum Gasteiger partial charge on any atom is 0.264 e. The Labute approximate surface area is 156 Å². The fraction of sp³-hybridized carbons (Fsp3) is 0.143. The molecule has 0 aliphatic carbocycles. The molecule has 0 saturated heterocycles. The van der Waals surface area contributed by atoms with Crippen molar-refractivity contribution in [2.24, 2.45) is 0 Å². The summed E-state index contributed by atoms with van der Waals surface area (Å²) in [6, 6.07) is 18.4. The van der Waals surface area contributed by atoms with Crippen LogP contribution in [-0.2, 0) is 23.4 Å². The highest BCUT2D eigenvalue weighted by atomic mass is 35.5. The minimum atomic E-state index is -1.60. The topological polar surface area (TPSA) is 53.4 Å². The molecule has 1 N–H and O–H groups in total. The number of nitrogens with zero attached hydrogens (tertiary/aromatic N) is 2. The third-order valence-corrected chi connectivity index (χ3v) is 5.10. The lowest BCUT2D eigenvalue weighted by molar-refractivity contribution is -0.136. The van der Waals surface area contributed by atoms with E-state index in [1.165, 1.54) is 0 Å². The smallest absolute Gasteiger partial charge is 0.264 e. The van der Waals surface area contributed by atoms with Crippen molar-refractivity contribution in [3.05, 3.63) is 94.8 Å². The second-order valence-corrected chi connectivity index (χ2v) is 6.80. The minimum absolute atomic E-state index is 0.199. The zero-order valence-electron chi connectivity index (χ0n) is 14.0. The molecule has 0 spiro atoms. The predicted molar refractivity (Wildman–Crippen MR) is 101 cm³/mol. The molecule has 3 aromatic rings. The van der Waals surface area contributed by atoms with Crippen molar-refractivity contribution in [2.75, 3.05) is 4.90 Å². The number of carbonyl (C=O) groups is 1. The first-order valence-corrected chi connectivity index (χ1v) is 8.73. The first kappa shape index (κ1) is 16.8. The van der Waals surface area contributed by atoms with E-state index in [0.29, 0.717) is 22.8 Å². The van der Waals surface area contributed by atoms with Gasteiger partial charge in [0.05, 0.1) is 12.2 Å². The molecule has 5 heteroatoms. The van der Waals surface area contributed by atoms with Crippen LogP contribution in [0.2, 0.25) is 5.02 Å². The van der Waals surface area contributed by atoms with E-state index in [1.807, 2.05) is 48.5 Å².